The highest BCUT2D eigenvalue weighted by Crippen LogP contribution is 2.15. The van der Waals surface area contributed by atoms with Crippen molar-refractivity contribution in [3.05, 3.63) is 23.6 Å². The fourth-order valence-corrected chi connectivity index (χ4v) is 1.11. The van der Waals surface area contributed by atoms with E-state index < -0.39 is 32.6 Å². The second-order valence-corrected chi connectivity index (χ2v) is 3.35. The minimum atomic E-state index is -4.97. The molecule has 0 aliphatic rings. The summed E-state index contributed by atoms with van der Waals surface area (Å²) in [6, 6.07) is 0. The zero-order valence-electron chi connectivity index (χ0n) is 5.83. The summed E-state index contributed by atoms with van der Waals surface area (Å²) in [7, 11) is -4.97. The molecule has 0 unspecified atom stereocenters. The van der Waals surface area contributed by atoms with E-state index in [0.29, 0.717) is 0 Å². The minimum Gasteiger partial charge on any atom is -0.281 e. The number of pyridine rings is 1. The van der Waals surface area contributed by atoms with Gasteiger partial charge in [-0.05, 0) is 0 Å². The van der Waals surface area contributed by atoms with Gasteiger partial charge in [0.15, 0.2) is 11.6 Å². The van der Waals surface area contributed by atoms with Crippen molar-refractivity contribution in [3.8, 4) is 0 Å². The molecular weight excluding hydrogens is 211 g/mol. The molecule has 0 bridgehead atoms. The van der Waals surface area contributed by atoms with Crippen LogP contribution in [0.25, 0.3) is 0 Å². The molecule has 1 aromatic heterocycles. The Labute approximate surface area is 70.8 Å². The molecule has 0 spiro atoms. The molecule has 1 rings (SSSR count). The molecule has 0 saturated heterocycles. The van der Waals surface area contributed by atoms with Gasteiger partial charge in [0.25, 0.3) is 0 Å². The first-order valence-electron chi connectivity index (χ1n) is 2.81. The number of hydrogen-bond acceptors (Lipinski definition) is 3. The third-order valence-corrected chi connectivity index (χ3v) is 1.90. The Hall–Kier alpha value is -1.15. The van der Waals surface area contributed by atoms with E-state index in [2.05, 4.69) is 4.98 Å². The van der Waals surface area contributed by atoms with E-state index in [-0.39, 0.29) is 6.20 Å². The summed E-state index contributed by atoms with van der Waals surface area (Å²) in [6.07, 6.45) is 0.154. The van der Waals surface area contributed by atoms with Crippen LogP contribution in [-0.4, -0.2) is 18.0 Å². The van der Waals surface area contributed by atoms with E-state index in [0.717, 1.165) is 0 Å². The van der Waals surface area contributed by atoms with Crippen LogP contribution in [0.3, 0.4) is 0 Å². The molecule has 0 aliphatic heterocycles. The molecule has 72 valence electrons. The molecule has 0 fully saturated rings. The Kier molecular flexibility index (Phi) is 2.26. The lowest BCUT2D eigenvalue weighted by atomic mass is 10.4. The quantitative estimate of drug-likeness (QED) is 0.699. The zero-order chi connectivity index (χ0) is 10.2. The van der Waals surface area contributed by atoms with Crippen LogP contribution in [0.5, 0.6) is 0 Å². The van der Waals surface area contributed by atoms with Crippen LogP contribution < -0.4 is 0 Å². The molecule has 0 atom stereocenters. The molecule has 0 aromatic carbocycles. The molecule has 0 amide bonds. The molecule has 1 aromatic rings. The summed E-state index contributed by atoms with van der Waals surface area (Å²) in [4.78, 5) is 2.68. The van der Waals surface area contributed by atoms with Gasteiger partial charge in [0.05, 0.1) is 6.20 Å². The Morgan fingerprint density at radius 1 is 1.23 bits per heavy atom. The molecule has 1 N–H and O–H groups in total. The van der Waals surface area contributed by atoms with Gasteiger partial charge in [-0.15, -0.1) is 0 Å². The van der Waals surface area contributed by atoms with Crippen molar-refractivity contribution >= 4 is 10.1 Å². The molecule has 8 heteroatoms. The van der Waals surface area contributed by atoms with Crippen LogP contribution in [0.1, 0.15) is 0 Å². The standard InChI is InChI=1S/C5H2F3NO3S/c6-2-1-9-5(13(10,11)12)4(8)3(2)7/h1H,(H,10,11,12). The first-order valence-corrected chi connectivity index (χ1v) is 4.25. The van der Waals surface area contributed by atoms with Crippen LogP contribution >= 0.6 is 0 Å². The topological polar surface area (TPSA) is 67.3 Å². The number of aromatic nitrogens is 1. The molecule has 13 heavy (non-hydrogen) atoms. The SMILES string of the molecule is O=S(=O)(O)c1ncc(F)c(F)c1F. The van der Waals surface area contributed by atoms with Gasteiger partial charge < -0.3 is 0 Å². The first-order chi connectivity index (χ1) is 5.84. The molecule has 4 nitrogen and oxygen atoms in total. The Morgan fingerprint density at radius 3 is 2.23 bits per heavy atom. The Bertz CT molecular complexity index is 445. The van der Waals surface area contributed by atoms with Crippen molar-refractivity contribution in [2.24, 2.45) is 0 Å². The summed E-state index contributed by atoms with van der Waals surface area (Å²) in [5.74, 6) is -5.67. The summed E-state index contributed by atoms with van der Waals surface area (Å²) < 4.78 is 65.9. The average molecular weight is 213 g/mol. The van der Waals surface area contributed by atoms with Gasteiger partial charge in [0.2, 0.25) is 10.8 Å². The third-order valence-electron chi connectivity index (χ3n) is 1.13. The fourth-order valence-electron chi connectivity index (χ4n) is 0.607. The van der Waals surface area contributed by atoms with Gasteiger partial charge in [-0.3, -0.25) is 4.55 Å². The van der Waals surface area contributed by atoms with E-state index in [9.17, 15) is 21.6 Å². The van der Waals surface area contributed by atoms with Crippen molar-refractivity contribution in [1.82, 2.24) is 4.98 Å². The van der Waals surface area contributed by atoms with Crippen LogP contribution in [0.2, 0.25) is 0 Å². The van der Waals surface area contributed by atoms with Crippen LogP contribution in [0.15, 0.2) is 11.2 Å². The second-order valence-electron chi connectivity index (χ2n) is 2.01. The molecule has 0 radical (unpaired) electrons. The van der Waals surface area contributed by atoms with Crippen LogP contribution in [-0.2, 0) is 10.1 Å². The number of halogens is 3. The monoisotopic (exact) mass is 213 g/mol. The zero-order valence-corrected chi connectivity index (χ0v) is 6.65. The highest BCUT2D eigenvalue weighted by molar-refractivity contribution is 7.85. The summed E-state index contributed by atoms with van der Waals surface area (Å²) >= 11 is 0. The highest BCUT2D eigenvalue weighted by Gasteiger charge is 2.23. The van der Waals surface area contributed by atoms with Gasteiger partial charge in [0, 0.05) is 0 Å². The second kappa shape index (κ2) is 2.96. The summed E-state index contributed by atoms with van der Waals surface area (Å²) in [5, 5.41) is -1.54. The first kappa shape index (κ1) is 9.93. The minimum absolute atomic E-state index is 0.154. The third kappa shape index (κ3) is 1.78. The Morgan fingerprint density at radius 2 is 1.77 bits per heavy atom. The molecular formula is C5H2F3NO3S. The highest BCUT2D eigenvalue weighted by atomic mass is 32.2. The van der Waals surface area contributed by atoms with Crippen LogP contribution in [0.4, 0.5) is 13.2 Å². The normalized spacial score (nSPS) is 11.7. The number of hydrogen-bond donors (Lipinski definition) is 1. The Balaban J connectivity index is 3.53. The predicted octanol–water partition coefficient (Wildman–Crippen LogP) is 0.746. The fraction of sp³-hybridized carbons (Fsp3) is 0. The van der Waals surface area contributed by atoms with E-state index in [1.54, 1.807) is 0 Å². The van der Waals surface area contributed by atoms with Gasteiger partial charge >= 0.3 is 10.1 Å². The van der Waals surface area contributed by atoms with E-state index in [4.69, 9.17) is 4.55 Å². The smallest absolute Gasteiger partial charge is 0.281 e. The number of rotatable bonds is 1. The van der Waals surface area contributed by atoms with E-state index in [1.165, 1.54) is 0 Å². The maximum Gasteiger partial charge on any atom is 0.315 e. The maximum atomic E-state index is 12.5. The van der Waals surface area contributed by atoms with Gasteiger partial charge in [-0.25, -0.2) is 18.2 Å². The van der Waals surface area contributed by atoms with E-state index >= 15 is 0 Å². The van der Waals surface area contributed by atoms with Crippen molar-refractivity contribution in [2.75, 3.05) is 0 Å². The van der Waals surface area contributed by atoms with Gasteiger partial charge in [-0.1, -0.05) is 0 Å². The lowest BCUT2D eigenvalue weighted by Gasteiger charge is -1.98. The molecule has 1 heterocycles. The molecule has 0 saturated carbocycles. The van der Waals surface area contributed by atoms with Gasteiger partial charge in [0.1, 0.15) is 0 Å². The van der Waals surface area contributed by atoms with Crippen LogP contribution in [0, 0.1) is 17.5 Å². The summed E-state index contributed by atoms with van der Waals surface area (Å²) in [5.41, 5.74) is 0. The van der Waals surface area contributed by atoms with Crippen molar-refractivity contribution in [2.45, 2.75) is 5.03 Å². The molecule has 0 aliphatic carbocycles. The van der Waals surface area contributed by atoms with Gasteiger partial charge in [-0.2, -0.15) is 8.42 Å². The average Bonchev–Trinajstić information content (AvgIpc) is 1.98. The lowest BCUT2D eigenvalue weighted by molar-refractivity contribution is 0.410. The van der Waals surface area contributed by atoms with Crippen molar-refractivity contribution in [1.29, 1.82) is 0 Å². The largest absolute Gasteiger partial charge is 0.315 e. The van der Waals surface area contributed by atoms with Crippen molar-refractivity contribution < 1.29 is 26.1 Å². The van der Waals surface area contributed by atoms with E-state index in [1.807, 2.05) is 0 Å². The number of nitrogens with zero attached hydrogens (tertiary/aromatic N) is 1. The van der Waals surface area contributed by atoms with Crippen molar-refractivity contribution in [3.63, 3.8) is 0 Å². The lowest BCUT2D eigenvalue weighted by Crippen LogP contribution is -2.08. The predicted molar refractivity (Wildman–Crippen MR) is 33.9 cm³/mol. The maximum absolute atomic E-state index is 12.5. The summed E-state index contributed by atoms with van der Waals surface area (Å²) in [6.45, 7) is 0.